The van der Waals surface area contributed by atoms with E-state index in [0.717, 1.165) is 71.1 Å². The number of carbonyl (C=O) groups excluding carboxylic acids is 1. The number of carbonyl (C=O) groups is 1. The Morgan fingerprint density at radius 1 is 1.00 bits per heavy atom. The highest BCUT2D eigenvalue weighted by Gasteiger charge is 2.60. The first-order chi connectivity index (χ1) is 12.0. The summed E-state index contributed by atoms with van der Waals surface area (Å²) in [6.45, 7) is 6.37. The molecular weight excluding hydrogens is 380 g/mol. The SMILES string of the molecule is Cc1cc(Br)c2c(c1)C(=O)NC(N1CC3CC3C1)(N1CC3CC3C1)N2. The van der Waals surface area contributed by atoms with Crippen LogP contribution in [0.2, 0.25) is 0 Å². The maximum Gasteiger partial charge on any atom is 0.257 e. The summed E-state index contributed by atoms with van der Waals surface area (Å²) in [5.74, 6) is 2.81. The summed E-state index contributed by atoms with van der Waals surface area (Å²) in [6.07, 6.45) is 2.73. The number of piperidine rings is 2. The van der Waals surface area contributed by atoms with Crippen LogP contribution in [0.15, 0.2) is 16.6 Å². The number of rotatable bonds is 2. The van der Waals surface area contributed by atoms with Crippen molar-refractivity contribution in [1.29, 1.82) is 0 Å². The van der Waals surface area contributed by atoms with E-state index in [4.69, 9.17) is 0 Å². The number of hydrogen-bond donors (Lipinski definition) is 2. The third-order valence-electron chi connectivity index (χ3n) is 6.94. The number of halogens is 1. The van der Waals surface area contributed by atoms with Crippen molar-refractivity contribution in [3.05, 3.63) is 27.7 Å². The number of benzene rings is 1. The van der Waals surface area contributed by atoms with E-state index in [1.54, 1.807) is 0 Å². The van der Waals surface area contributed by atoms with Gasteiger partial charge in [-0.3, -0.25) is 4.79 Å². The Bertz CT molecular complexity index is 750. The summed E-state index contributed by atoms with van der Waals surface area (Å²) >= 11 is 3.69. The molecule has 2 aliphatic carbocycles. The summed E-state index contributed by atoms with van der Waals surface area (Å²) in [5, 5.41) is 7.16. The Morgan fingerprint density at radius 3 is 2.12 bits per heavy atom. The molecule has 1 aromatic rings. The average molecular weight is 403 g/mol. The lowest BCUT2D eigenvalue weighted by Gasteiger charge is -2.52. The molecular formula is C19H23BrN4O. The van der Waals surface area contributed by atoms with E-state index in [-0.39, 0.29) is 5.91 Å². The van der Waals surface area contributed by atoms with Crippen molar-refractivity contribution in [3.63, 3.8) is 0 Å². The lowest BCUT2D eigenvalue weighted by atomic mass is 10.1. The molecule has 0 radical (unpaired) electrons. The van der Waals surface area contributed by atoms with Crippen molar-refractivity contribution < 1.29 is 4.79 Å². The van der Waals surface area contributed by atoms with Gasteiger partial charge in [0.1, 0.15) is 0 Å². The zero-order valence-electron chi connectivity index (χ0n) is 14.4. The zero-order valence-corrected chi connectivity index (χ0v) is 16.0. The van der Waals surface area contributed by atoms with E-state index in [2.05, 4.69) is 42.4 Å². The van der Waals surface area contributed by atoms with Crippen LogP contribution in [0.25, 0.3) is 0 Å². The van der Waals surface area contributed by atoms with Crippen LogP contribution < -0.4 is 10.6 Å². The molecule has 5 nitrogen and oxygen atoms in total. The van der Waals surface area contributed by atoms with Crippen molar-refractivity contribution in [2.24, 2.45) is 23.7 Å². The normalized spacial score (nSPS) is 41.6. The van der Waals surface area contributed by atoms with Crippen LogP contribution in [-0.2, 0) is 0 Å². The first-order valence-electron chi connectivity index (χ1n) is 9.44. The van der Waals surface area contributed by atoms with E-state index in [1.807, 2.05) is 13.0 Å². The highest BCUT2D eigenvalue weighted by Crippen LogP contribution is 2.52. The van der Waals surface area contributed by atoms with Gasteiger partial charge in [0, 0.05) is 30.7 Å². The van der Waals surface area contributed by atoms with Crippen molar-refractivity contribution in [2.75, 3.05) is 31.5 Å². The molecule has 4 unspecified atom stereocenters. The quantitative estimate of drug-likeness (QED) is 0.797. The van der Waals surface area contributed by atoms with Gasteiger partial charge in [-0.15, -0.1) is 0 Å². The van der Waals surface area contributed by atoms with E-state index in [9.17, 15) is 4.79 Å². The zero-order chi connectivity index (χ0) is 16.9. The molecule has 3 heterocycles. The fraction of sp³-hybridized carbons (Fsp3) is 0.632. The summed E-state index contributed by atoms with van der Waals surface area (Å²) in [5.41, 5.74) is 2.78. The number of aryl methyl sites for hydroxylation is 1. The Morgan fingerprint density at radius 2 is 1.56 bits per heavy atom. The average Bonchev–Trinajstić information content (AvgIpc) is 3.41. The second-order valence-electron chi connectivity index (χ2n) is 8.74. The molecule has 2 N–H and O–H groups in total. The van der Waals surface area contributed by atoms with Crippen molar-refractivity contribution in [1.82, 2.24) is 15.1 Å². The predicted molar refractivity (Wildman–Crippen MR) is 99.0 cm³/mol. The van der Waals surface area contributed by atoms with Crippen LogP contribution in [0.3, 0.4) is 0 Å². The second-order valence-corrected chi connectivity index (χ2v) is 9.60. The Kier molecular flexibility index (Phi) is 2.87. The highest BCUT2D eigenvalue weighted by atomic mass is 79.9. The van der Waals surface area contributed by atoms with E-state index < -0.39 is 5.91 Å². The van der Waals surface area contributed by atoms with Crippen molar-refractivity contribution in [2.45, 2.75) is 25.7 Å². The molecule has 1 amide bonds. The monoisotopic (exact) mass is 402 g/mol. The molecule has 4 fully saturated rings. The lowest BCUT2D eigenvalue weighted by Crippen LogP contribution is -2.75. The van der Waals surface area contributed by atoms with Crippen LogP contribution in [0.5, 0.6) is 0 Å². The van der Waals surface area contributed by atoms with Gasteiger partial charge < -0.3 is 10.6 Å². The van der Waals surface area contributed by atoms with Crippen LogP contribution in [0.1, 0.15) is 28.8 Å². The summed E-state index contributed by atoms with van der Waals surface area (Å²) < 4.78 is 0.982. The second kappa shape index (κ2) is 4.78. The number of amides is 1. The van der Waals surface area contributed by atoms with E-state index in [0.29, 0.717) is 0 Å². The number of fused-ring (bicyclic) bond motifs is 3. The Labute approximate surface area is 156 Å². The van der Waals surface area contributed by atoms with Crippen molar-refractivity contribution >= 4 is 27.5 Å². The minimum Gasteiger partial charge on any atom is -0.335 e. The maximum absolute atomic E-state index is 13.1. The standard InChI is InChI=1S/C19H23BrN4O/c1-10-2-15-17(16(20)3-10)21-19(22-18(15)25,23-6-11-4-12(11)7-23)24-8-13-5-14(13)9-24/h2-3,11-14,21H,4-9H2,1H3,(H,22,25). The number of nitrogens with one attached hydrogen (secondary N) is 2. The summed E-state index contributed by atoms with van der Waals surface area (Å²) in [4.78, 5) is 18.1. The predicted octanol–water partition coefficient (Wildman–Crippen LogP) is 2.43. The van der Waals surface area contributed by atoms with Gasteiger partial charge >= 0.3 is 0 Å². The maximum atomic E-state index is 13.1. The molecule has 0 bridgehead atoms. The largest absolute Gasteiger partial charge is 0.335 e. The molecule has 3 aliphatic heterocycles. The van der Waals surface area contributed by atoms with Gasteiger partial charge in [0.15, 0.2) is 0 Å². The van der Waals surface area contributed by atoms with Gasteiger partial charge in [0.2, 0.25) is 5.91 Å². The third kappa shape index (κ3) is 2.10. The molecule has 25 heavy (non-hydrogen) atoms. The molecule has 0 spiro atoms. The molecule has 5 aliphatic rings. The van der Waals surface area contributed by atoms with E-state index in [1.165, 1.54) is 12.8 Å². The first-order valence-corrected chi connectivity index (χ1v) is 10.2. The van der Waals surface area contributed by atoms with Gasteiger partial charge in [-0.1, -0.05) is 0 Å². The van der Waals surface area contributed by atoms with Gasteiger partial charge in [0.05, 0.1) is 11.3 Å². The van der Waals surface area contributed by atoms with Gasteiger partial charge in [0.25, 0.3) is 5.91 Å². The minimum atomic E-state index is -0.553. The summed E-state index contributed by atoms with van der Waals surface area (Å²) in [7, 11) is 0. The molecule has 2 saturated heterocycles. The molecule has 4 atom stereocenters. The van der Waals surface area contributed by atoms with Crippen LogP contribution >= 0.6 is 15.9 Å². The smallest absolute Gasteiger partial charge is 0.257 e. The number of hydrogen-bond acceptors (Lipinski definition) is 4. The highest BCUT2D eigenvalue weighted by molar-refractivity contribution is 9.10. The molecule has 0 aromatic heterocycles. The topological polar surface area (TPSA) is 47.6 Å². The number of nitrogens with zero attached hydrogens (tertiary/aromatic N) is 2. The van der Waals surface area contributed by atoms with Crippen LogP contribution in [0, 0.1) is 30.6 Å². The van der Waals surface area contributed by atoms with E-state index >= 15 is 0 Å². The minimum absolute atomic E-state index is 0.0410. The van der Waals surface area contributed by atoms with Crippen LogP contribution in [-0.4, -0.2) is 47.8 Å². The Hall–Kier alpha value is -1.11. The van der Waals surface area contributed by atoms with Crippen molar-refractivity contribution in [3.8, 4) is 0 Å². The van der Waals surface area contributed by atoms with Gasteiger partial charge in [-0.05, 0) is 77.1 Å². The number of anilines is 1. The molecule has 132 valence electrons. The Balaban J connectivity index is 1.43. The number of likely N-dealkylation sites (tertiary alicyclic amines) is 2. The molecule has 2 saturated carbocycles. The molecule has 6 heteroatoms. The van der Waals surface area contributed by atoms with Gasteiger partial charge in [-0.2, -0.15) is 0 Å². The molecule has 6 rings (SSSR count). The first kappa shape index (κ1) is 15.0. The molecule has 1 aromatic carbocycles. The lowest BCUT2D eigenvalue weighted by molar-refractivity contribution is -0.0474. The third-order valence-corrected chi connectivity index (χ3v) is 7.56. The summed E-state index contributed by atoms with van der Waals surface area (Å²) in [6, 6.07) is 4.08. The fourth-order valence-corrected chi connectivity index (χ4v) is 5.99. The fourth-order valence-electron chi connectivity index (χ4n) is 5.32. The van der Waals surface area contributed by atoms with Gasteiger partial charge in [-0.25, -0.2) is 9.80 Å². The van der Waals surface area contributed by atoms with Crippen LogP contribution in [0.4, 0.5) is 5.69 Å².